The van der Waals surface area contributed by atoms with E-state index in [9.17, 15) is 19.0 Å². The van der Waals surface area contributed by atoms with Crippen molar-refractivity contribution in [3.8, 4) is 11.8 Å². The lowest BCUT2D eigenvalue weighted by Gasteiger charge is -2.35. The molecule has 5 heterocycles. The third-order valence-electron chi connectivity index (χ3n) is 9.46. The zero-order valence-electron chi connectivity index (χ0n) is 23.9. The molecule has 2 N–H and O–H groups in total. The van der Waals surface area contributed by atoms with Crippen LogP contribution in [0, 0.1) is 11.7 Å². The van der Waals surface area contributed by atoms with Gasteiger partial charge in [0, 0.05) is 67.8 Å². The Labute approximate surface area is 257 Å². The molecule has 3 fully saturated rings. The van der Waals surface area contributed by atoms with Crippen LogP contribution in [0.1, 0.15) is 30.5 Å². The summed E-state index contributed by atoms with van der Waals surface area (Å²) in [6, 6.07) is 6.59. The van der Waals surface area contributed by atoms with Crippen molar-refractivity contribution in [2.75, 3.05) is 69.0 Å². The number of phenols is 1. The minimum Gasteiger partial charge on any atom is -0.508 e. The number of benzene rings is 2. The van der Waals surface area contributed by atoms with E-state index in [1.165, 1.54) is 6.07 Å². The molecule has 3 aromatic rings. The van der Waals surface area contributed by atoms with Gasteiger partial charge in [-0.25, -0.2) is 8.78 Å². The van der Waals surface area contributed by atoms with Gasteiger partial charge in [0.15, 0.2) is 0 Å². The molecule has 4 aliphatic heterocycles. The highest BCUT2D eigenvalue weighted by molar-refractivity contribution is 9.10. The summed E-state index contributed by atoms with van der Waals surface area (Å²) < 4.78 is 41.5. The van der Waals surface area contributed by atoms with Crippen LogP contribution < -0.4 is 14.5 Å². The average molecular weight is 661 g/mol. The first kappa shape index (κ1) is 28.9. The van der Waals surface area contributed by atoms with E-state index in [4.69, 9.17) is 19.4 Å². The van der Waals surface area contributed by atoms with Gasteiger partial charge < -0.3 is 29.5 Å². The molecule has 3 atom stereocenters. The lowest BCUT2D eigenvalue weighted by Crippen LogP contribution is -2.43. The fraction of sp³-hybridized carbons (Fsp3) is 0.548. The molecule has 12 heteroatoms. The summed E-state index contributed by atoms with van der Waals surface area (Å²) in [6.07, 6.45) is 2.13. The molecule has 0 spiro atoms. The van der Waals surface area contributed by atoms with Gasteiger partial charge in [0.25, 0.3) is 0 Å². The summed E-state index contributed by atoms with van der Waals surface area (Å²) in [4.78, 5) is 16.3. The van der Waals surface area contributed by atoms with Crippen LogP contribution in [0.3, 0.4) is 0 Å². The molecule has 43 heavy (non-hydrogen) atoms. The molecule has 230 valence electrons. The fourth-order valence-electron chi connectivity index (χ4n) is 7.36. The predicted molar refractivity (Wildman–Crippen MR) is 162 cm³/mol. The highest BCUT2D eigenvalue weighted by Gasteiger charge is 2.49. The number of rotatable bonds is 6. The van der Waals surface area contributed by atoms with Crippen LogP contribution in [-0.2, 0) is 17.7 Å². The van der Waals surface area contributed by atoms with Gasteiger partial charge in [-0.05, 0) is 59.3 Å². The van der Waals surface area contributed by atoms with Crippen LogP contribution in [0.25, 0.3) is 10.8 Å². The number of aliphatic hydroxyl groups excluding tert-OH is 1. The maximum absolute atomic E-state index is 14.6. The number of alkyl halides is 1. The SMILES string of the molecule is OCC1COCCN(c2nc(OC[C@@]34CCCN3C[C@H](F)C4)nc3c2CCN(c2cc(O)cc4ccc(F)c(Br)c24)C3)C1. The number of ether oxygens (including phenoxy) is 2. The van der Waals surface area contributed by atoms with Gasteiger partial charge in [0.1, 0.15) is 30.2 Å². The van der Waals surface area contributed by atoms with E-state index in [1.807, 2.05) is 0 Å². The Bertz CT molecular complexity index is 1530. The monoisotopic (exact) mass is 659 g/mol. The standard InChI is InChI=1S/C31H36BrF2N5O4/c32-28-24(34)3-2-20-10-22(41)11-26(27(20)28)37-7-4-23-25(15-37)35-30(36-29(23)38-8-9-42-17-19(13-38)16-40)43-18-31-5-1-6-39(31)14-21(33)12-31/h2-3,10-11,19,21,40-41H,1,4-9,12-18H2/t19?,21-,31+/m1/s1. The number of aliphatic hydroxyl groups is 1. The Morgan fingerprint density at radius 2 is 2.02 bits per heavy atom. The molecule has 9 nitrogen and oxygen atoms in total. The smallest absolute Gasteiger partial charge is 0.318 e. The molecule has 1 unspecified atom stereocenters. The van der Waals surface area contributed by atoms with Crippen molar-refractivity contribution in [1.29, 1.82) is 0 Å². The molecule has 7 rings (SSSR count). The minimum atomic E-state index is -0.855. The van der Waals surface area contributed by atoms with E-state index in [-0.39, 0.29) is 35.6 Å². The lowest BCUT2D eigenvalue weighted by atomic mass is 9.95. The number of hydrogen-bond donors (Lipinski definition) is 2. The van der Waals surface area contributed by atoms with Gasteiger partial charge in [0.05, 0.1) is 35.5 Å². The zero-order chi connectivity index (χ0) is 29.7. The van der Waals surface area contributed by atoms with E-state index < -0.39 is 6.17 Å². The second-order valence-electron chi connectivity index (χ2n) is 12.3. The van der Waals surface area contributed by atoms with Gasteiger partial charge in [0.2, 0.25) is 0 Å². The van der Waals surface area contributed by atoms with E-state index >= 15 is 0 Å². The molecule has 0 radical (unpaired) electrons. The summed E-state index contributed by atoms with van der Waals surface area (Å²) in [5.74, 6) is 0.449. The molecule has 0 amide bonds. The van der Waals surface area contributed by atoms with Crippen molar-refractivity contribution in [3.05, 3.63) is 45.8 Å². The second-order valence-corrected chi connectivity index (χ2v) is 13.1. The maximum atomic E-state index is 14.6. The molecule has 0 aliphatic carbocycles. The third kappa shape index (κ3) is 5.40. The Morgan fingerprint density at radius 3 is 2.88 bits per heavy atom. The summed E-state index contributed by atoms with van der Waals surface area (Å²) >= 11 is 3.43. The Kier molecular flexibility index (Phi) is 7.81. The molecule has 3 saturated heterocycles. The van der Waals surface area contributed by atoms with Crippen molar-refractivity contribution in [1.82, 2.24) is 14.9 Å². The third-order valence-corrected chi connectivity index (χ3v) is 10.2. The number of hydrogen-bond acceptors (Lipinski definition) is 9. The number of fused-ring (bicyclic) bond motifs is 3. The molecule has 0 bridgehead atoms. The largest absolute Gasteiger partial charge is 0.508 e. The van der Waals surface area contributed by atoms with Crippen LogP contribution in [0.5, 0.6) is 11.8 Å². The predicted octanol–water partition coefficient (Wildman–Crippen LogP) is 4.20. The van der Waals surface area contributed by atoms with Crippen molar-refractivity contribution < 1.29 is 28.5 Å². The fourth-order valence-corrected chi connectivity index (χ4v) is 7.92. The van der Waals surface area contributed by atoms with E-state index in [0.29, 0.717) is 80.9 Å². The number of phenolic OH excluding ortho intramolecular Hbond substituents is 1. The molecule has 1 aromatic heterocycles. The van der Waals surface area contributed by atoms with E-state index in [1.54, 1.807) is 18.2 Å². The molecule has 4 aliphatic rings. The number of aromatic nitrogens is 2. The van der Waals surface area contributed by atoms with E-state index in [0.717, 1.165) is 41.8 Å². The summed E-state index contributed by atoms with van der Waals surface area (Å²) in [5.41, 5.74) is 2.16. The van der Waals surface area contributed by atoms with Crippen LogP contribution in [-0.4, -0.2) is 95.9 Å². The molecular weight excluding hydrogens is 624 g/mol. The highest BCUT2D eigenvalue weighted by atomic mass is 79.9. The first-order valence-electron chi connectivity index (χ1n) is 15.0. The van der Waals surface area contributed by atoms with Gasteiger partial charge in [-0.15, -0.1) is 0 Å². The summed E-state index contributed by atoms with van der Waals surface area (Å²) in [6.45, 7) is 4.87. The number of nitrogens with zero attached hydrogens (tertiary/aromatic N) is 5. The Morgan fingerprint density at radius 1 is 1.14 bits per heavy atom. The van der Waals surface area contributed by atoms with Crippen molar-refractivity contribution in [2.45, 2.75) is 43.9 Å². The summed E-state index contributed by atoms with van der Waals surface area (Å²) in [5, 5.41) is 21.9. The lowest BCUT2D eigenvalue weighted by molar-refractivity contribution is 0.0959. The van der Waals surface area contributed by atoms with Crippen molar-refractivity contribution >= 4 is 38.2 Å². The second kappa shape index (κ2) is 11.6. The molecule has 2 aromatic carbocycles. The quantitative estimate of drug-likeness (QED) is 0.404. The van der Waals surface area contributed by atoms with Gasteiger partial charge in [-0.3, -0.25) is 4.90 Å². The number of aromatic hydroxyl groups is 1. The minimum absolute atomic E-state index is 0.0136. The topological polar surface area (TPSA) is 94.4 Å². The van der Waals surface area contributed by atoms with Gasteiger partial charge in [-0.1, -0.05) is 6.07 Å². The first-order chi connectivity index (χ1) is 20.8. The van der Waals surface area contributed by atoms with Crippen molar-refractivity contribution in [3.63, 3.8) is 0 Å². The summed E-state index contributed by atoms with van der Waals surface area (Å²) in [7, 11) is 0. The van der Waals surface area contributed by atoms with Crippen LogP contribution in [0.2, 0.25) is 0 Å². The highest BCUT2D eigenvalue weighted by Crippen LogP contribution is 2.42. The van der Waals surface area contributed by atoms with Crippen molar-refractivity contribution in [2.24, 2.45) is 5.92 Å². The maximum Gasteiger partial charge on any atom is 0.318 e. The Hall–Kier alpha value is -2.80. The van der Waals surface area contributed by atoms with Gasteiger partial charge >= 0.3 is 6.01 Å². The zero-order valence-corrected chi connectivity index (χ0v) is 25.5. The first-order valence-corrected chi connectivity index (χ1v) is 15.8. The Balaban J connectivity index is 1.25. The van der Waals surface area contributed by atoms with Gasteiger partial charge in [-0.2, -0.15) is 9.97 Å². The number of halogens is 3. The van der Waals surface area contributed by atoms with Crippen LogP contribution in [0.15, 0.2) is 28.7 Å². The molecule has 0 saturated carbocycles. The average Bonchev–Trinajstić information content (AvgIpc) is 3.41. The number of anilines is 2. The normalized spacial score (nSPS) is 26.0. The van der Waals surface area contributed by atoms with Crippen LogP contribution >= 0.6 is 15.9 Å². The van der Waals surface area contributed by atoms with Crippen LogP contribution in [0.4, 0.5) is 20.3 Å². The van der Waals surface area contributed by atoms with E-state index in [2.05, 4.69) is 30.6 Å². The molecular formula is C31H36BrF2N5O4.